The van der Waals surface area contributed by atoms with Crippen molar-refractivity contribution in [3.05, 3.63) is 35.4 Å². The molecule has 1 aromatic rings. The molecular weight excluding hydrogens is 284 g/mol. The van der Waals surface area contributed by atoms with Crippen molar-refractivity contribution >= 4 is 0 Å². The van der Waals surface area contributed by atoms with Gasteiger partial charge in [0, 0.05) is 11.5 Å². The highest BCUT2D eigenvalue weighted by atomic mass is 16.5. The van der Waals surface area contributed by atoms with E-state index in [0.29, 0.717) is 17.6 Å². The van der Waals surface area contributed by atoms with Crippen molar-refractivity contribution in [3.8, 4) is 11.5 Å². The van der Waals surface area contributed by atoms with E-state index in [-0.39, 0.29) is 5.60 Å². The van der Waals surface area contributed by atoms with Crippen LogP contribution in [-0.4, -0.2) is 10.7 Å². The Morgan fingerprint density at radius 1 is 1.39 bits per heavy atom. The Kier molecular flexibility index (Phi) is 4.44. The summed E-state index contributed by atoms with van der Waals surface area (Å²) in [4.78, 5) is 0. The zero-order valence-corrected chi connectivity index (χ0v) is 14.8. The predicted molar refractivity (Wildman–Crippen MR) is 95.3 cm³/mol. The van der Waals surface area contributed by atoms with Gasteiger partial charge in [-0.3, -0.25) is 0 Å². The molecule has 3 rings (SSSR count). The van der Waals surface area contributed by atoms with Crippen molar-refractivity contribution in [2.75, 3.05) is 0 Å². The van der Waals surface area contributed by atoms with Gasteiger partial charge in [0.15, 0.2) is 0 Å². The Hall–Kier alpha value is -1.44. The lowest BCUT2D eigenvalue weighted by atomic mass is 9.65. The number of allylic oxidation sites excluding steroid dienone is 1. The summed E-state index contributed by atoms with van der Waals surface area (Å²) in [5, 5.41) is 10.7. The van der Waals surface area contributed by atoms with E-state index in [9.17, 15) is 5.11 Å². The zero-order chi connectivity index (χ0) is 16.6. The average Bonchev–Trinajstić information content (AvgIpc) is 2.46. The summed E-state index contributed by atoms with van der Waals surface area (Å²) in [6.07, 6.45) is 7.80. The quantitative estimate of drug-likeness (QED) is 0.555. The van der Waals surface area contributed by atoms with Crippen molar-refractivity contribution in [2.45, 2.75) is 77.2 Å². The van der Waals surface area contributed by atoms with Gasteiger partial charge in [-0.15, -0.1) is 0 Å². The second-order valence-electron chi connectivity index (χ2n) is 7.84. The molecular formula is C21H30O2. The third-order valence-corrected chi connectivity index (χ3v) is 5.73. The van der Waals surface area contributed by atoms with E-state index in [0.717, 1.165) is 37.0 Å². The third kappa shape index (κ3) is 3.13. The van der Waals surface area contributed by atoms with Crippen LogP contribution < -0.4 is 4.74 Å². The first-order valence-electron chi connectivity index (χ1n) is 9.14. The van der Waals surface area contributed by atoms with E-state index >= 15 is 0 Å². The van der Waals surface area contributed by atoms with Crippen LogP contribution in [0.25, 0.3) is 0 Å². The molecule has 0 aromatic heterocycles. The number of ether oxygens (including phenoxy) is 1. The fourth-order valence-electron chi connectivity index (χ4n) is 4.47. The molecule has 2 bridgehead atoms. The standard InChI is InChI=1S/C21H30O2/c1-5-6-7-8-15-11-18(22)20-17-13-21(4,23-19(20)12-15)10-9-16(17)14(2)3/h11-12,16-17,22H,2,5-10,13H2,1,3-4H3/t16-,17+,21+/m0/s1. The van der Waals surface area contributed by atoms with Gasteiger partial charge in [0.2, 0.25) is 0 Å². The summed E-state index contributed by atoms with van der Waals surface area (Å²) in [6, 6.07) is 4.14. The normalized spacial score (nSPS) is 28.8. The molecule has 0 amide bonds. The minimum atomic E-state index is -0.0852. The van der Waals surface area contributed by atoms with Crippen LogP contribution in [-0.2, 0) is 6.42 Å². The lowest BCUT2D eigenvalue weighted by Crippen LogP contribution is -2.44. The van der Waals surface area contributed by atoms with Gasteiger partial charge in [0.05, 0.1) is 0 Å². The Morgan fingerprint density at radius 3 is 2.87 bits per heavy atom. The maximum absolute atomic E-state index is 10.7. The summed E-state index contributed by atoms with van der Waals surface area (Å²) < 4.78 is 6.36. The van der Waals surface area contributed by atoms with E-state index in [4.69, 9.17) is 4.74 Å². The summed E-state index contributed by atoms with van der Waals surface area (Å²) in [7, 11) is 0. The summed E-state index contributed by atoms with van der Waals surface area (Å²) in [5.41, 5.74) is 3.37. The Morgan fingerprint density at radius 2 is 2.17 bits per heavy atom. The van der Waals surface area contributed by atoms with Gasteiger partial charge in [0.1, 0.15) is 17.1 Å². The smallest absolute Gasteiger partial charge is 0.127 e. The molecule has 0 radical (unpaired) electrons. The first-order valence-corrected chi connectivity index (χ1v) is 9.14. The SMILES string of the molecule is C=C(C)[C@@H]1CC[C@]2(C)C[C@H]1c1c(O)cc(CCCCC)cc1O2. The molecule has 0 spiro atoms. The van der Waals surface area contributed by atoms with Crippen LogP contribution in [0.5, 0.6) is 11.5 Å². The van der Waals surface area contributed by atoms with E-state index < -0.39 is 0 Å². The number of benzene rings is 1. The molecule has 1 heterocycles. The molecule has 2 heteroatoms. The topological polar surface area (TPSA) is 29.5 Å². The number of rotatable bonds is 5. The fraction of sp³-hybridized carbons (Fsp3) is 0.619. The molecule has 1 fully saturated rings. The van der Waals surface area contributed by atoms with E-state index in [1.165, 1.54) is 30.4 Å². The van der Waals surface area contributed by atoms with Crippen LogP contribution in [0, 0.1) is 5.92 Å². The summed E-state index contributed by atoms with van der Waals surface area (Å²) in [5.74, 6) is 2.15. The number of hydrogen-bond donors (Lipinski definition) is 1. The zero-order valence-electron chi connectivity index (χ0n) is 14.8. The van der Waals surface area contributed by atoms with Gasteiger partial charge in [-0.05, 0) is 69.6 Å². The van der Waals surface area contributed by atoms with Crippen LogP contribution in [0.3, 0.4) is 0 Å². The van der Waals surface area contributed by atoms with Crippen molar-refractivity contribution in [2.24, 2.45) is 5.92 Å². The van der Waals surface area contributed by atoms with Gasteiger partial charge in [-0.2, -0.15) is 0 Å². The first kappa shape index (κ1) is 16.4. The van der Waals surface area contributed by atoms with Gasteiger partial charge in [-0.1, -0.05) is 31.9 Å². The molecule has 2 nitrogen and oxygen atoms in total. The van der Waals surface area contributed by atoms with E-state index in [1.54, 1.807) is 0 Å². The molecule has 3 atom stereocenters. The Labute approximate surface area is 140 Å². The van der Waals surface area contributed by atoms with Crippen molar-refractivity contribution in [1.29, 1.82) is 0 Å². The maximum Gasteiger partial charge on any atom is 0.127 e. The lowest BCUT2D eigenvalue weighted by Gasteiger charge is -2.48. The summed E-state index contributed by atoms with van der Waals surface area (Å²) in [6.45, 7) is 10.8. The number of phenols is 1. The molecule has 1 N–H and O–H groups in total. The van der Waals surface area contributed by atoms with Gasteiger partial charge < -0.3 is 9.84 Å². The minimum Gasteiger partial charge on any atom is -0.508 e. The molecule has 0 saturated heterocycles. The number of unbranched alkanes of at least 4 members (excludes halogenated alkanes) is 2. The number of hydrogen-bond acceptors (Lipinski definition) is 2. The minimum absolute atomic E-state index is 0.0852. The van der Waals surface area contributed by atoms with Gasteiger partial charge in [-0.25, -0.2) is 0 Å². The number of phenolic OH excluding ortho intramolecular Hbond substituents is 1. The highest BCUT2D eigenvalue weighted by Gasteiger charge is 2.46. The van der Waals surface area contributed by atoms with Crippen molar-refractivity contribution in [1.82, 2.24) is 0 Å². The van der Waals surface area contributed by atoms with E-state index in [1.807, 2.05) is 6.07 Å². The molecule has 2 aliphatic rings. The van der Waals surface area contributed by atoms with Gasteiger partial charge >= 0.3 is 0 Å². The highest BCUT2D eigenvalue weighted by Crippen LogP contribution is 2.55. The van der Waals surface area contributed by atoms with Crippen molar-refractivity contribution in [3.63, 3.8) is 0 Å². The highest BCUT2D eigenvalue weighted by molar-refractivity contribution is 5.52. The molecule has 1 aromatic carbocycles. The molecule has 126 valence electrons. The second-order valence-corrected chi connectivity index (χ2v) is 7.84. The predicted octanol–water partition coefficient (Wildman–Crippen LogP) is 5.74. The van der Waals surface area contributed by atoms with Crippen LogP contribution in [0.1, 0.15) is 76.3 Å². The van der Waals surface area contributed by atoms with Crippen LogP contribution in [0.2, 0.25) is 0 Å². The first-order chi connectivity index (χ1) is 10.9. The monoisotopic (exact) mass is 314 g/mol. The average molecular weight is 314 g/mol. The molecule has 1 saturated carbocycles. The Bertz CT molecular complexity index is 604. The second kappa shape index (κ2) is 6.22. The van der Waals surface area contributed by atoms with E-state index in [2.05, 4.69) is 33.4 Å². The largest absolute Gasteiger partial charge is 0.508 e. The fourth-order valence-corrected chi connectivity index (χ4v) is 4.47. The number of aromatic hydroxyl groups is 1. The number of fused-ring (bicyclic) bond motifs is 4. The molecule has 1 aliphatic carbocycles. The van der Waals surface area contributed by atoms with Crippen molar-refractivity contribution < 1.29 is 9.84 Å². The molecule has 0 unspecified atom stereocenters. The molecule has 1 aliphatic heterocycles. The Balaban J connectivity index is 1.96. The summed E-state index contributed by atoms with van der Waals surface area (Å²) >= 11 is 0. The van der Waals surface area contributed by atoms with Crippen LogP contribution in [0.15, 0.2) is 24.3 Å². The number of aryl methyl sites for hydroxylation is 1. The van der Waals surface area contributed by atoms with Crippen LogP contribution >= 0.6 is 0 Å². The lowest BCUT2D eigenvalue weighted by molar-refractivity contribution is 0.00630. The van der Waals surface area contributed by atoms with Gasteiger partial charge in [0.25, 0.3) is 0 Å². The molecule has 23 heavy (non-hydrogen) atoms. The maximum atomic E-state index is 10.7. The van der Waals surface area contributed by atoms with Crippen LogP contribution in [0.4, 0.5) is 0 Å². The third-order valence-electron chi connectivity index (χ3n) is 5.73.